The van der Waals surface area contributed by atoms with Crippen LogP contribution in [0.1, 0.15) is 17.2 Å². The minimum absolute atomic E-state index is 0.240. The quantitative estimate of drug-likeness (QED) is 0.915. The Kier molecular flexibility index (Phi) is 5.00. The maximum Gasteiger partial charge on any atom is 0.136 e. The first-order valence-corrected chi connectivity index (χ1v) is 6.69. The van der Waals surface area contributed by atoms with E-state index in [1.54, 1.807) is 0 Å². The number of benzene rings is 2. The average Bonchev–Trinajstić information content (AvgIpc) is 2.47. The number of ether oxygens (including phenoxy) is 1. The minimum atomic E-state index is -0.240. The molecule has 0 aliphatic carbocycles. The van der Waals surface area contributed by atoms with Gasteiger partial charge in [-0.3, -0.25) is 0 Å². The summed E-state index contributed by atoms with van der Waals surface area (Å²) in [5.74, 6) is 0.724. The van der Waals surface area contributed by atoms with Gasteiger partial charge in [-0.1, -0.05) is 35.9 Å². The lowest BCUT2D eigenvalue weighted by molar-refractivity contribution is 0.214. The molecule has 3 nitrogen and oxygen atoms in total. The molecular formula is C16H15ClN2O. The normalized spacial score (nSPS) is 11.7. The van der Waals surface area contributed by atoms with Crippen LogP contribution >= 0.6 is 11.6 Å². The summed E-state index contributed by atoms with van der Waals surface area (Å²) in [5.41, 5.74) is 7.68. The molecule has 0 fully saturated rings. The van der Waals surface area contributed by atoms with Gasteiger partial charge in [0.2, 0.25) is 0 Å². The summed E-state index contributed by atoms with van der Waals surface area (Å²) in [6, 6.07) is 17.0. The van der Waals surface area contributed by atoms with E-state index in [0.29, 0.717) is 18.0 Å². The first-order valence-electron chi connectivity index (χ1n) is 6.31. The van der Waals surface area contributed by atoms with E-state index >= 15 is 0 Å². The van der Waals surface area contributed by atoms with Crippen LogP contribution in [0.4, 0.5) is 0 Å². The van der Waals surface area contributed by atoms with Crippen LogP contribution in [-0.2, 0) is 6.42 Å². The Bertz CT molecular complexity index is 605. The summed E-state index contributed by atoms with van der Waals surface area (Å²) >= 11 is 5.98. The smallest absolute Gasteiger partial charge is 0.136 e. The lowest BCUT2D eigenvalue weighted by Crippen LogP contribution is -2.18. The Morgan fingerprint density at radius 1 is 1.20 bits per heavy atom. The Morgan fingerprint density at radius 3 is 2.55 bits per heavy atom. The first-order chi connectivity index (χ1) is 9.72. The Labute approximate surface area is 123 Å². The molecule has 0 aromatic heterocycles. The van der Waals surface area contributed by atoms with E-state index in [4.69, 9.17) is 27.3 Å². The van der Waals surface area contributed by atoms with Gasteiger partial charge in [-0.15, -0.1) is 0 Å². The molecule has 1 unspecified atom stereocenters. The van der Waals surface area contributed by atoms with Gasteiger partial charge in [0, 0.05) is 11.6 Å². The van der Waals surface area contributed by atoms with E-state index < -0.39 is 0 Å². The van der Waals surface area contributed by atoms with Crippen molar-refractivity contribution in [3.8, 4) is 11.8 Å². The van der Waals surface area contributed by atoms with E-state index in [1.807, 2.05) is 48.5 Å². The van der Waals surface area contributed by atoms with Gasteiger partial charge < -0.3 is 10.5 Å². The summed E-state index contributed by atoms with van der Waals surface area (Å²) < 4.78 is 5.87. The highest BCUT2D eigenvalue weighted by atomic mass is 35.5. The van der Waals surface area contributed by atoms with Crippen molar-refractivity contribution in [1.82, 2.24) is 0 Å². The highest BCUT2D eigenvalue weighted by Crippen LogP contribution is 2.23. The Morgan fingerprint density at radius 2 is 1.95 bits per heavy atom. The summed E-state index contributed by atoms with van der Waals surface area (Å²) in [5, 5.41) is 9.30. The van der Waals surface area contributed by atoms with Crippen LogP contribution in [0.15, 0.2) is 48.5 Å². The third-order valence-corrected chi connectivity index (χ3v) is 3.15. The molecule has 2 N–H and O–H groups in total. The molecule has 0 amide bonds. The molecule has 0 bridgehead atoms. The zero-order valence-electron chi connectivity index (χ0n) is 10.9. The van der Waals surface area contributed by atoms with Crippen molar-refractivity contribution in [2.24, 2.45) is 5.73 Å². The second kappa shape index (κ2) is 6.95. The zero-order valence-corrected chi connectivity index (χ0v) is 11.7. The summed E-state index contributed by atoms with van der Waals surface area (Å²) in [4.78, 5) is 0. The third-order valence-electron chi connectivity index (χ3n) is 2.92. The van der Waals surface area contributed by atoms with Crippen molar-refractivity contribution >= 4 is 11.6 Å². The van der Waals surface area contributed by atoms with Gasteiger partial charge in [0.15, 0.2) is 0 Å². The van der Waals surface area contributed by atoms with Gasteiger partial charge >= 0.3 is 0 Å². The van der Waals surface area contributed by atoms with Crippen molar-refractivity contribution in [2.75, 3.05) is 6.54 Å². The first kappa shape index (κ1) is 14.4. The monoisotopic (exact) mass is 286 g/mol. The topological polar surface area (TPSA) is 59.0 Å². The molecule has 1 atom stereocenters. The fourth-order valence-corrected chi connectivity index (χ4v) is 2.10. The number of halogens is 1. The molecule has 0 aliphatic heterocycles. The highest BCUT2D eigenvalue weighted by molar-refractivity contribution is 6.30. The molecule has 20 heavy (non-hydrogen) atoms. The van der Waals surface area contributed by atoms with E-state index in [-0.39, 0.29) is 6.10 Å². The molecule has 0 spiro atoms. The van der Waals surface area contributed by atoms with E-state index in [2.05, 4.69) is 6.07 Å². The van der Waals surface area contributed by atoms with Gasteiger partial charge in [-0.25, -0.2) is 0 Å². The van der Waals surface area contributed by atoms with Gasteiger partial charge in [-0.2, -0.15) is 5.26 Å². The van der Waals surface area contributed by atoms with Crippen LogP contribution in [0.25, 0.3) is 0 Å². The van der Waals surface area contributed by atoms with E-state index in [0.717, 1.165) is 16.9 Å². The Balaban J connectivity index is 2.12. The average molecular weight is 287 g/mol. The molecule has 102 valence electrons. The van der Waals surface area contributed by atoms with Crippen molar-refractivity contribution in [3.63, 3.8) is 0 Å². The van der Waals surface area contributed by atoms with Gasteiger partial charge in [0.1, 0.15) is 11.9 Å². The van der Waals surface area contributed by atoms with Crippen molar-refractivity contribution in [1.29, 1.82) is 5.26 Å². The zero-order chi connectivity index (χ0) is 14.4. The molecular weight excluding hydrogens is 272 g/mol. The van der Waals surface area contributed by atoms with Gasteiger partial charge in [-0.05, 0) is 35.4 Å². The molecule has 0 heterocycles. The summed E-state index contributed by atoms with van der Waals surface area (Å²) in [6.07, 6.45) is 0.157. The standard InChI is InChI=1S/C16H15ClN2O/c17-14-3-1-2-13(10-14)16(11-19)20-15-6-4-12(5-7-15)8-9-18/h1-7,10,16H,8,11,19H2. The maximum atomic E-state index is 8.64. The maximum absolute atomic E-state index is 8.64. The van der Waals surface area contributed by atoms with Crippen LogP contribution in [0.5, 0.6) is 5.75 Å². The second-order valence-electron chi connectivity index (χ2n) is 4.38. The molecule has 0 saturated carbocycles. The molecule has 2 aromatic rings. The number of nitrogens with zero attached hydrogens (tertiary/aromatic N) is 1. The van der Waals surface area contributed by atoms with E-state index in [1.165, 1.54) is 0 Å². The van der Waals surface area contributed by atoms with Crippen LogP contribution < -0.4 is 10.5 Å². The van der Waals surface area contributed by atoms with Crippen molar-refractivity contribution in [3.05, 3.63) is 64.7 Å². The largest absolute Gasteiger partial charge is 0.484 e. The van der Waals surface area contributed by atoms with Crippen LogP contribution in [0.3, 0.4) is 0 Å². The molecule has 2 rings (SSSR count). The molecule has 0 saturated heterocycles. The van der Waals surface area contributed by atoms with E-state index in [9.17, 15) is 0 Å². The molecule has 2 aromatic carbocycles. The molecule has 4 heteroatoms. The fourth-order valence-electron chi connectivity index (χ4n) is 1.90. The van der Waals surface area contributed by atoms with Crippen molar-refractivity contribution in [2.45, 2.75) is 12.5 Å². The molecule has 0 radical (unpaired) electrons. The number of nitriles is 1. The van der Waals surface area contributed by atoms with Gasteiger partial charge in [0.05, 0.1) is 12.5 Å². The highest BCUT2D eigenvalue weighted by Gasteiger charge is 2.11. The fraction of sp³-hybridized carbons (Fsp3) is 0.188. The molecule has 0 aliphatic rings. The van der Waals surface area contributed by atoms with Crippen LogP contribution in [0.2, 0.25) is 5.02 Å². The van der Waals surface area contributed by atoms with Crippen LogP contribution in [0, 0.1) is 11.3 Å². The summed E-state index contributed by atoms with van der Waals surface area (Å²) in [7, 11) is 0. The minimum Gasteiger partial charge on any atom is -0.484 e. The SMILES string of the molecule is N#CCc1ccc(OC(CN)c2cccc(Cl)c2)cc1. The van der Waals surface area contributed by atoms with Crippen molar-refractivity contribution < 1.29 is 4.74 Å². The lowest BCUT2D eigenvalue weighted by Gasteiger charge is -2.18. The lowest BCUT2D eigenvalue weighted by atomic mass is 10.1. The third kappa shape index (κ3) is 3.74. The summed E-state index contributed by atoms with van der Waals surface area (Å²) in [6.45, 7) is 0.361. The van der Waals surface area contributed by atoms with Gasteiger partial charge in [0.25, 0.3) is 0 Å². The predicted molar refractivity (Wildman–Crippen MR) is 79.6 cm³/mol. The van der Waals surface area contributed by atoms with Crippen LogP contribution in [-0.4, -0.2) is 6.54 Å². The number of nitrogens with two attached hydrogens (primary N) is 1. The number of rotatable bonds is 5. The Hall–Kier alpha value is -2.02. The second-order valence-corrected chi connectivity index (χ2v) is 4.81. The number of hydrogen-bond donors (Lipinski definition) is 1. The number of hydrogen-bond acceptors (Lipinski definition) is 3. The predicted octanol–water partition coefficient (Wildman–Crippen LogP) is 3.48.